The molecule has 0 aliphatic heterocycles. The van der Waals surface area contributed by atoms with E-state index in [0.717, 1.165) is 5.56 Å². The molecule has 0 fully saturated rings. The largest absolute Gasteiger partial charge is 0.453 e. The number of rotatable bonds is 3. The third kappa shape index (κ3) is 3.07. The van der Waals surface area contributed by atoms with Crippen LogP contribution in [0.1, 0.15) is 11.4 Å². The van der Waals surface area contributed by atoms with Crippen LogP contribution in [0.25, 0.3) is 5.65 Å². The molecule has 0 radical (unpaired) electrons. The molecule has 23 heavy (non-hydrogen) atoms. The highest BCUT2D eigenvalue weighted by Gasteiger charge is 2.37. The summed E-state index contributed by atoms with van der Waals surface area (Å²) in [5, 5.41) is 11.2. The van der Waals surface area contributed by atoms with Gasteiger partial charge in [-0.1, -0.05) is 29.8 Å². The molecule has 0 atom stereocenters. The standard InChI is InChI=1S/C14H11ClF3N5/c1-22(8-9-4-2-3-5-10(9)15)12-7-6-11-19-20-13(14(16,17)18)23(11)21-12/h2-7H,8H2,1H3. The highest BCUT2D eigenvalue weighted by molar-refractivity contribution is 6.31. The minimum atomic E-state index is -4.62. The number of hydrogen-bond acceptors (Lipinski definition) is 4. The molecule has 3 aromatic rings. The normalized spacial score (nSPS) is 11.9. The van der Waals surface area contributed by atoms with Crippen molar-refractivity contribution in [2.24, 2.45) is 0 Å². The highest BCUT2D eigenvalue weighted by Crippen LogP contribution is 2.28. The van der Waals surface area contributed by atoms with Crippen LogP contribution < -0.4 is 4.90 Å². The lowest BCUT2D eigenvalue weighted by Gasteiger charge is -2.19. The Morgan fingerprint density at radius 2 is 1.87 bits per heavy atom. The van der Waals surface area contributed by atoms with E-state index in [1.54, 1.807) is 24.1 Å². The Balaban J connectivity index is 1.95. The number of fused-ring (bicyclic) bond motifs is 1. The predicted octanol–water partition coefficient (Wildman–Crippen LogP) is 3.43. The number of anilines is 1. The Bertz CT molecular complexity index is 846. The molecule has 0 N–H and O–H groups in total. The van der Waals surface area contributed by atoms with Gasteiger partial charge in [0.2, 0.25) is 0 Å². The molecule has 9 heteroatoms. The van der Waals surface area contributed by atoms with Crippen molar-refractivity contribution in [3.8, 4) is 0 Å². The van der Waals surface area contributed by atoms with E-state index in [-0.39, 0.29) is 5.65 Å². The van der Waals surface area contributed by atoms with Crippen molar-refractivity contribution in [3.63, 3.8) is 0 Å². The zero-order valence-corrected chi connectivity index (χ0v) is 12.7. The number of halogens is 4. The Hall–Kier alpha value is -2.35. The van der Waals surface area contributed by atoms with Crippen LogP contribution in [0.2, 0.25) is 5.02 Å². The van der Waals surface area contributed by atoms with Gasteiger partial charge in [-0.25, -0.2) is 0 Å². The van der Waals surface area contributed by atoms with Crippen LogP contribution in [-0.4, -0.2) is 26.9 Å². The monoisotopic (exact) mass is 341 g/mol. The van der Waals surface area contributed by atoms with Crippen molar-refractivity contribution in [2.45, 2.75) is 12.7 Å². The van der Waals surface area contributed by atoms with Gasteiger partial charge in [0.1, 0.15) is 5.82 Å². The van der Waals surface area contributed by atoms with E-state index in [1.165, 1.54) is 6.07 Å². The maximum Gasteiger partial charge on any atom is 0.453 e. The topological polar surface area (TPSA) is 46.3 Å². The molecular weight excluding hydrogens is 331 g/mol. The zero-order chi connectivity index (χ0) is 16.6. The number of nitrogens with zero attached hydrogens (tertiary/aromatic N) is 5. The van der Waals surface area contributed by atoms with Gasteiger partial charge in [0.15, 0.2) is 5.65 Å². The zero-order valence-electron chi connectivity index (χ0n) is 11.9. The molecule has 2 heterocycles. The maximum atomic E-state index is 12.9. The lowest BCUT2D eigenvalue weighted by molar-refractivity contribution is -0.146. The number of alkyl halides is 3. The molecule has 0 saturated heterocycles. The fraction of sp³-hybridized carbons (Fsp3) is 0.214. The molecule has 0 unspecified atom stereocenters. The summed E-state index contributed by atoms with van der Waals surface area (Å²) in [6.45, 7) is 0.404. The van der Waals surface area contributed by atoms with E-state index in [9.17, 15) is 13.2 Å². The van der Waals surface area contributed by atoms with Gasteiger partial charge >= 0.3 is 6.18 Å². The SMILES string of the molecule is CN(Cc1ccccc1Cl)c1ccc2nnc(C(F)(F)F)n2n1. The summed E-state index contributed by atoms with van der Waals surface area (Å²) in [6, 6.07) is 10.3. The second-order valence-corrected chi connectivity index (χ2v) is 5.34. The van der Waals surface area contributed by atoms with E-state index in [4.69, 9.17) is 11.6 Å². The summed E-state index contributed by atoms with van der Waals surface area (Å²) in [4.78, 5) is 1.70. The van der Waals surface area contributed by atoms with Gasteiger partial charge < -0.3 is 4.90 Å². The third-order valence-corrected chi connectivity index (χ3v) is 3.63. The van der Waals surface area contributed by atoms with Crippen molar-refractivity contribution in [3.05, 3.63) is 52.8 Å². The smallest absolute Gasteiger partial charge is 0.354 e. The Kier molecular flexibility index (Phi) is 3.85. The summed E-state index contributed by atoms with van der Waals surface area (Å²) in [6.07, 6.45) is -4.62. The fourth-order valence-electron chi connectivity index (χ4n) is 2.12. The van der Waals surface area contributed by atoms with Gasteiger partial charge in [-0.15, -0.1) is 15.3 Å². The lowest BCUT2D eigenvalue weighted by atomic mass is 10.2. The molecule has 120 valence electrons. The Morgan fingerprint density at radius 3 is 2.57 bits per heavy atom. The van der Waals surface area contributed by atoms with Crippen LogP contribution in [0.5, 0.6) is 0 Å². The van der Waals surface area contributed by atoms with Gasteiger partial charge in [0.25, 0.3) is 5.82 Å². The molecule has 0 aliphatic carbocycles. The van der Waals surface area contributed by atoms with Crippen LogP contribution in [0.4, 0.5) is 19.0 Å². The second kappa shape index (κ2) is 5.69. The van der Waals surface area contributed by atoms with Gasteiger partial charge in [0, 0.05) is 18.6 Å². The number of benzene rings is 1. The van der Waals surface area contributed by atoms with Gasteiger partial charge in [0.05, 0.1) is 0 Å². The summed E-state index contributed by atoms with van der Waals surface area (Å²) >= 11 is 6.10. The van der Waals surface area contributed by atoms with E-state index in [2.05, 4.69) is 15.3 Å². The highest BCUT2D eigenvalue weighted by atomic mass is 35.5. The molecule has 0 amide bonds. The molecular formula is C14H11ClF3N5. The number of hydrogen-bond donors (Lipinski definition) is 0. The minimum absolute atomic E-state index is 0.0345. The van der Waals surface area contributed by atoms with Crippen molar-refractivity contribution in [1.29, 1.82) is 0 Å². The van der Waals surface area contributed by atoms with Crippen LogP contribution >= 0.6 is 11.6 Å². The predicted molar refractivity (Wildman–Crippen MR) is 79.3 cm³/mol. The van der Waals surface area contributed by atoms with E-state index in [0.29, 0.717) is 21.9 Å². The average Bonchev–Trinajstić information content (AvgIpc) is 2.92. The first-order chi connectivity index (χ1) is 10.9. The summed E-state index contributed by atoms with van der Waals surface area (Å²) in [7, 11) is 1.72. The molecule has 0 saturated carbocycles. The lowest BCUT2D eigenvalue weighted by Crippen LogP contribution is -2.20. The third-order valence-electron chi connectivity index (χ3n) is 3.26. The van der Waals surface area contributed by atoms with Crippen molar-refractivity contribution < 1.29 is 13.2 Å². The van der Waals surface area contributed by atoms with Gasteiger partial charge in [-0.3, -0.25) is 0 Å². The first kappa shape index (κ1) is 15.5. The first-order valence-electron chi connectivity index (χ1n) is 6.60. The molecule has 5 nitrogen and oxygen atoms in total. The summed E-state index contributed by atoms with van der Waals surface area (Å²) in [5.74, 6) is -0.803. The second-order valence-electron chi connectivity index (χ2n) is 4.93. The van der Waals surface area contributed by atoms with Crippen LogP contribution in [0, 0.1) is 0 Å². The van der Waals surface area contributed by atoms with E-state index in [1.807, 2.05) is 18.2 Å². The quantitative estimate of drug-likeness (QED) is 0.732. The molecule has 0 spiro atoms. The number of aromatic nitrogens is 4. The summed E-state index contributed by atoms with van der Waals surface area (Å²) in [5.41, 5.74) is 0.880. The van der Waals surface area contributed by atoms with Crippen LogP contribution in [-0.2, 0) is 12.7 Å². The minimum Gasteiger partial charge on any atom is -0.354 e. The molecule has 1 aromatic carbocycles. The average molecular weight is 342 g/mol. The molecule has 0 bridgehead atoms. The van der Waals surface area contributed by atoms with Crippen molar-refractivity contribution in [1.82, 2.24) is 19.8 Å². The van der Waals surface area contributed by atoms with E-state index >= 15 is 0 Å². The van der Waals surface area contributed by atoms with Crippen molar-refractivity contribution in [2.75, 3.05) is 11.9 Å². The maximum absolute atomic E-state index is 12.9. The Morgan fingerprint density at radius 1 is 1.13 bits per heavy atom. The van der Waals surface area contributed by atoms with Crippen LogP contribution in [0.3, 0.4) is 0 Å². The van der Waals surface area contributed by atoms with E-state index < -0.39 is 12.0 Å². The van der Waals surface area contributed by atoms with Gasteiger partial charge in [-0.2, -0.15) is 17.7 Å². The molecule has 3 rings (SSSR count). The molecule has 0 aliphatic rings. The van der Waals surface area contributed by atoms with Gasteiger partial charge in [-0.05, 0) is 23.8 Å². The molecule has 2 aromatic heterocycles. The fourth-order valence-corrected chi connectivity index (χ4v) is 2.32. The van der Waals surface area contributed by atoms with Crippen LogP contribution in [0.15, 0.2) is 36.4 Å². The summed E-state index contributed by atoms with van der Waals surface area (Å²) < 4.78 is 39.4. The Labute approximate surface area is 134 Å². The first-order valence-corrected chi connectivity index (χ1v) is 6.98. The van der Waals surface area contributed by atoms with Crippen molar-refractivity contribution >= 4 is 23.1 Å².